The normalized spacial score (nSPS) is 11.9. The lowest BCUT2D eigenvalue weighted by Gasteiger charge is -2.12. The number of nitrogens with one attached hydrogen (secondary N) is 2. The predicted octanol–water partition coefficient (Wildman–Crippen LogP) is 5.60. The van der Waals surface area contributed by atoms with Crippen LogP contribution < -0.4 is 5.32 Å². The van der Waals surface area contributed by atoms with Gasteiger partial charge in [-0.15, -0.1) is 0 Å². The van der Waals surface area contributed by atoms with Gasteiger partial charge in [-0.3, -0.25) is 9.89 Å². The van der Waals surface area contributed by atoms with E-state index in [1.54, 1.807) is 18.5 Å². The number of carbonyl (C=O) groups excluding carboxylic acids is 1. The number of pyridine rings is 1. The summed E-state index contributed by atoms with van der Waals surface area (Å²) < 4.78 is 39.1. The first-order chi connectivity index (χ1) is 14.8. The molecule has 5 nitrogen and oxygen atoms in total. The molecule has 0 aliphatic heterocycles. The van der Waals surface area contributed by atoms with Gasteiger partial charge in [0.05, 0.1) is 11.8 Å². The van der Waals surface area contributed by atoms with Crippen LogP contribution in [-0.4, -0.2) is 21.1 Å². The monoisotopic (exact) mass is 422 g/mol. The van der Waals surface area contributed by atoms with Crippen LogP contribution in [0.4, 0.5) is 18.9 Å². The van der Waals surface area contributed by atoms with Crippen molar-refractivity contribution in [2.45, 2.75) is 13.1 Å². The van der Waals surface area contributed by atoms with E-state index in [0.29, 0.717) is 5.65 Å². The molecule has 0 bridgehead atoms. The first-order valence-corrected chi connectivity index (χ1v) is 9.36. The van der Waals surface area contributed by atoms with Crippen molar-refractivity contribution in [3.63, 3.8) is 0 Å². The Kier molecular flexibility index (Phi) is 5.29. The van der Waals surface area contributed by atoms with Crippen molar-refractivity contribution in [1.29, 1.82) is 0 Å². The predicted molar refractivity (Wildman–Crippen MR) is 113 cm³/mol. The summed E-state index contributed by atoms with van der Waals surface area (Å²) in [5.41, 5.74) is 2.67. The van der Waals surface area contributed by atoms with Gasteiger partial charge in [0.2, 0.25) is 5.91 Å². The molecule has 2 N–H and O–H groups in total. The molecule has 0 atom stereocenters. The van der Waals surface area contributed by atoms with Crippen molar-refractivity contribution in [2.75, 3.05) is 5.32 Å². The van der Waals surface area contributed by atoms with Gasteiger partial charge < -0.3 is 5.32 Å². The fraction of sp³-hybridized carbons (Fsp3) is 0.0870. The van der Waals surface area contributed by atoms with E-state index < -0.39 is 17.6 Å². The summed E-state index contributed by atoms with van der Waals surface area (Å²) in [6.07, 6.45) is 1.82. The first-order valence-electron chi connectivity index (χ1n) is 9.36. The third kappa shape index (κ3) is 4.63. The summed E-state index contributed by atoms with van der Waals surface area (Å²) in [5.74, 6) is -0.524. The Bertz CT molecular complexity index is 1290. The summed E-state index contributed by atoms with van der Waals surface area (Å²) in [7, 11) is 0. The number of fused-ring (bicyclic) bond motifs is 1. The van der Waals surface area contributed by atoms with Crippen LogP contribution >= 0.6 is 0 Å². The quantitative estimate of drug-likeness (QED) is 0.420. The van der Waals surface area contributed by atoms with Crippen molar-refractivity contribution >= 4 is 28.7 Å². The maximum atomic E-state index is 13.0. The van der Waals surface area contributed by atoms with Crippen LogP contribution in [0.3, 0.4) is 0 Å². The van der Waals surface area contributed by atoms with Crippen LogP contribution in [0.15, 0.2) is 67.0 Å². The van der Waals surface area contributed by atoms with Gasteiger partial charge in [-0.2, -0.15) is 18.3 Å². The average molecular weight is 422 g/mol. The van der Waals surface area contributed by atoms with E-state index in [1.807, 2.05) is 30.3 Å². The van der Waals surface area contributed by atoms with Crippen molar-refractivity contribution in [1.82, 2.24) is 15.2 Å². The van der Waals surface area contributed by atoms with E-state index in [0.717, 1.165) is 28.1 Å². The summed E-state index contributed by atoms with van der Waals surface area (Å²) in [5, 5.41) is 10.1. The van der Waals surface area contributed by atoms with Crippen LogP contribution in [0.25, 0.3) is 28.2 Å². The van der Waals surface area contributed by atoms with Crippen LogP contribution in [-0.2, 0) is 11.0 Å². The molecule has 1 amide bonds. The fourth-order valence-electron chi connectivity index (χ4n) is 3.18. The molecule has 2 aromatic heterocycles. The maximum Gasteiger partial charge on any atom is 0.416 e. The lowest BCUT2D eigenvalue weighted by atomic mass is 10.0. The number of hydrogen-bond donors (Lipinski definition) is 2. The summed E-state index contributed by atoms with van der Waals surface area (Å²) in [4.78, 5) is 16.5. The number of aromatic nitrogens is 3. The van der Waals surface area contributed by atoms with Gasteiger partial charge in [0.15, 0.2) is 5.65 Å². The summed E-state index contributed by atoms with van der Waals surface area (Å²) in [6, 6.07) is 13.1. The van der Waals surface area contributed by atoms with E-state index in [4.69, 9.17) is 0 Å². The summed E-state index contributed by atoms with van der Waals surface area (Å²) in [6.45, 7) is 1.38. The number of H-pyrrole nitrogens is 1. The second-order valence-corrected chi connectivity index (χ2v) is 7.01. The van der Waals surface area contributed by atoms with Gasteiger partial charge in [-0.25, -0.2) is 4.98 Å². The van der Waals surface area contributed by atoms with E-state index >= 15 is 0 Å². The average Bonchev–Trinajstić information content (AvgIpc) is 3.21. The molecular formula is C23H17F3N4O. The lowest BCUT2D eigenvalue weighted by Crippen LogP contribution is -2.11. The van der Waals surface area contributed by atoms with E-state index in [9.17, 15) is 18.0 Å². The van der Waals surface area contributed by atoms with Gasteiger partial charge in [0.1, 0.15) is 0 Å². The number of benzene rings is 2. The number of amides is 1. The highest BCUT2D eigenvalue weighted by Crippen LogP contribution is 2.33. The molecule has 2 aromatic carbocycles. The van der Waals surface area contributed by atoms with E-state index in [-0.39, 0.29) is 11.3 Å². The Balaban J connectivity index is 1.50. The molecule has 4 rings (SSSR count). The Hall–Kier alpha value is -3.94. The summed E-state index contributed by atoms with van der Waals surface area (Å²) >= 11 is 0. The largest absolute Gasteiger partial charge is 0.416 e. The SMILES string of the molecule is Cc1ccc(NC(=O)C=Cc2cccc(-c3cnc4[nH]ncc4c3)c2)cc1C(F)(F)F. The minimum atomic E-state index is -4.48. The van der Waals surface area contributed by atoms with Gasteiger partial charge in [-0.1, -0.05) is 24.3 Å². The van der Waals surface area contributed by atoms with Gasteiger partial charge in [0.25, 0.3) is 0 Å². The topological polar surface area (TPSA) is 70.7 Å². The Labute approximate surface area is 175 Å². The number of nitrogens with zero attached hydrogens (tertiary/aromatic N) is 2. The minimum Gasteiger partial charge on any atom is -0.322 e. The van der Waals surface area contributed by atoms with E-state index in [1.165, 1.54) is 25.1 Å². The second-order valence-electron chi connectivity index (χ2n) is 7.01. The molecule has 4 aromatic rings. The molecule has 156 valence electrons. The number of hydrogen-bond acceptors (Lipinski definition) is 3. The molecule has 0 aliphatic carbocycles. The molecule has 0 unspecified atom stereocenters. The zero-order chi connectivity index (χ0) is 22.0. The third-order valence-corrected chi connectivity index (χ3v) is 4.75. The number of halogens is 3. The van der Waals surface area contributed by atoms with Crippen molar-refractivity contribution in [3.8, 4) is 11.1 Å². The van der Waals surface area contributed by atoms with Gasteiger partial charge in [-0.05, 0) is 54.0 Å². The number of anilines is 1. The molecule has 8 heteroatoms. The Morgan fingerprint density at radius 2 is 1.90 bits per heavy atom. The molecule has 2 heterocycles. The van der Waals surface area contributed by atoms with Crippen LogP contribution in [0.5, 0.6) is 0 Å². The molecule has 0 saturated heterocycles. The van der Waals surface area contributed by atoms with Crippen LogP contribution in [0, 0.1) is 6.92 Å². The molecule has 0 fully saturated rings. The number of aryl methyl sites for hydroxylation is 1. The Morgan fingerprint density at radius 3 is 2.71 bits per heavy atom. The zero-order valence-corrected chi connectivity index (χ0v) is 16.4. The molecule has 0 aliphatic rings. The van der Waals surface area contributed by atoms with Crippen molar-refractivity contribution < 1.29 is 18.0 Å². The standard InChI is InChI=1S/C23H17F3N4O/c1-14-5-7-19(11-20(14)23(24,25)26)29-21(31)8-6-15-3-2-4-16(9-15)17-10-18-13-28-30-22(18)27-12-17/h2-13H,1H3,(H,29,31)(H,27,28,30). The smallest absolute Gasteiger partial charge is 0.322 e. The number of alkyl halides is 3. The molecule has 31 heavy (non-hydrogen) atoms. The fourth-order valence-corrected chi connectivity index (χ4v) is 3.18. The van der Waals surface area contributed by atoms with Crippen molar-refractivity contribution in [3.05, 3.63) is 83.7 Å². The number of rotatable bonds is 4. The van der Waals surface area contributed by atoms with Gasteiger partial charge in [0, 0.05) is 28.9 Å². The van der Waals surface area contributed by atoms with Crippen LogP contribution in [0.1, 0.15) is 16.7 Å². The van der Waals surface area contributed by atoms with E-state index in [2.05, 4.69) is 20.5 Å². The molecule has 0 spiro atoms. The first kappa shape index (κ1) is 20.3. The maximum absolute atomic E-state index is 13.0. The number of carbonyl (C=O) groups is 1. The highest BCUT2D eigenvalue weighted by atomic mass is 19.4. The highest BCUT2D eigenvalue weighted by Gasteiger charge is 2.32. The molecular weight excluding hydrogens is 405 g/mol. The van der Waals surface area contributed by atoms with Crippen molar-refractivity contribution in [2.24, 2.45) is 0 Å². The zero-order valence-electron chi connectivity index (χ0n) is 16.4. The molecule has 0 radical (unpaired) electrons. The lowest BCUT2D eigenvalue weighted by molar-refractivity contribution is -0.138. The Morgan fingerprint density at radius 1 is 1.06 bits per heavy atom. The number of aromatic amines is 1. The second kappa shape index (κ2) is 8.06. The van der Waals surface area contributed by atoms with Gasteiger partial charge >= 0.3 is 6.18 Å². The van der Waals surface area contributed by atoms with Crippen LogP contribution in [0.2, 0.25) is 0 Å². The molecule has 0 saturated carbocycles. The minimum absolute atomic E-state index is 0.0841. The third-order valence-electron chi connectivity index (χ3n) is 4.75. The highest BCUT2D eigenvalue weighted by molar-refractivity contribution is 6.02.